The lowest BCUT2D eigenvalue weighted by Crippen LogP contribution is -2.32. The standard InChI is InChI=1S/C22H24N4O2/c1-28-19-8-6-17(7-9-19)20-14-25(15-21(20)23)22(27)18-5-2-4-16(12-18)13-26-11-3-10-24-26/h2-12,20-21H,13-15,23H2,1H3/t20-,21+/m0/s1. The van der Waals surface area contributed by atoms with E-state index in [1.807, 2.05) is 70.4 Å². The van der Waals surface area contributed by atoms with Gasteiger partial charge in [-0.2, -0.15) is 5.10 Å². The number of likely N-dealkylation sites (tertiary alicyclic amines) is 1. The molecule has 0 spiro atoms. The molecule has 2 N–H and O–H groups in total. The molecule has 1 fully saturated rings. The lowest BCUT2D eigenvalue weighted by molar-refractivity contribution is 0.0789. The van der Waals surface area contributed by atoms with E-state index in [0.717, 1.165) is 16.9 Å². The number of benzene rings is 2. The van der Waals surface area contributed by atoms with Gasteiger partial charge in [0.15, 0.2) is 0 Å². The maximum Gasteiger partial charge on any atom is 0.253 e. The highest BCUT2D eigenvalue weighted by atomic mass is 16.5. The highest BCUT2D eigenvalue weighted by molar-refractivity contribution is 5.94. The lowest BCUT2D eigenvalue weighted by Gasteiger charge is -2.17. The molecule has 4 rings (SSSR count). The zero-order valence-electron chi connectivity index (χ0n) is 15.9. The van der Waals surface area contributed by atoms with E-state index in [4.69, 9.17) is 10.5 Å². The van der Waals surface area contributed by atoms with Crippen molar-refractivity contribution >= 4 is 5.91 Å². The largest absolute Gasteiger partial charge is 0.497 e. The smallest absolute Gasteiger partial charge is 0.253 e. The first kappa shape index (κ1) is 18.3. The van der Waals surface area contributed by atoms with Gasteiger partial charge in [-0.3, -0.25) is 9.48 Å². The Bertz CT molecular complexity index is 937. The molecule has 6 nitrogen and oxygen atoms in total. The predicted molar refractivity (Wildman–Crippen MR) is 107 cm³/mol. The zero-order chi connectivity index (χ0) is 19.5. The van der Waals surface area contributed by atoms with Crippen LogP contribution in [0.25, 0.3) is 0 Å². The molecule has 2 atom stereocenters. The van der Waals surface area contributed by atoms with Crippen molar-refractivity contribution in [3.63, 3.8) is 0 Å². The summed E-state index contributed by atoms with van der Waals surface area (Å²) in [5.41, 5.74) is 9.24. The number of amides is 1. The van der Waals surface area contributed by atoms with Crippen molar-refractivity contribution in [2.45, 2.75) is 18.5 Å². The van der Waals surface area contributed by atoms with Crippen LogP contribution in [0.3, 0.4) is 0 Å². The van der Waals surface area contributed by atoms with Crippen LogP contribution >= 0.6 is 0 Å². The van der Waals surface area contributed by atoms with E-state index in [2.05, 4.69) is 5.10 Å². The van der Waals surface area contributed by atoms with Crippen molar-refractivity contribution in [3.05, 3.63) is 83.7 Å². The number of hydrogen-bond acceptors (Lipinski definition) is 4. The molecule has 28 heavy (non-hydrogen) atoms. The average molecular weight is 376 g/mol. The molecule has 2 heterocycles. The molecule has 0 saturated carbocycles. The normalized spacial score (nSPS) is 19.0. The van der Waals surface area contributed by atoms with Crippen LogP contribution in [-0.4, -0.2) is 46.8 Å². The van der Waals surface area contributed by atoms with Gasteiger partial charge in [0.05, 0.1) is 13.7 Å². The van der Waals surface area contributed by atoms with Gasteiger partial charge in [0.25, 0.3) is 5.91 Å². The Kier molecular flexibility index (Phi) is 5.12. The molecule has 3 aromatic rings. The first-order valence-corrected chi connectivity index (χ1v) is 9.39. The third-order valence-corrected chi connectivity index (χ3v) is 5.27. The summed E-state index contributed by atoms with van der Waals surface area (Å²) in [5.74, 6) is 0.966. The van der Waals surface area contributed by atoms with Gasteiger partial charge in [0.1, 0.15) is 5.75 Å². The molecule has 0 bridgehead atoms. The summed E-state index contributed by atoms with van der Waals surface area (Å²) in [5, 5.41) is 4.23. The number of carbonyl (C=O) groups is 1. The Morgan fingerprint density at radius 1 is 1.18 bits per heavy atom. The fourth-order valence-corrected chi connectivity index (χ4v) is 3.76. The second-order valence-corrected chi connectivity index (χ2v) is 7.16. The SMILES string of the molecule is COc1ccc([C@@H]2CN(C(=O)c3cccc(Cn4cccn4)c3)C[C@H]2N)cc1. The molecule has 0 unspecified atom stereocenters. The fourth-order valence-electron chi connectivity index (χ4n) is 3.76. The minimum absolute atomic E-state index is 0.0220. The van der Waals surface area contributed by atoms with Crippen molar-refractivity contribution in [1.29, 1.82) is 0 Å². The number of hydrogen-bond donors (Lipinski definition) is 1. The lowest BCUT2D eigenvalue weighted by atomic mass is 9.95. The van der Waals surface area contributed by atoms with Crippen LogP contribution in [0, 0.1) is 0 Å². The second-order valence-electron chi connectivity index (χ2n) is 7.16. The van der Waals surface area contributed by atoms with Crippen molar-refractivity contribution < 1.29 is 9.53 Å². The van der Waals surface area contributed by atoms with Crippen molar-refractivity contribution in [3.8, 4) is 5.75 Å². The van der Waals surface area contributed by atoms with Crippen LogP contribution in [0.1, 0.15) is 27.4 Å². The average Bonchev–Trinajstić information content (AvgIpc) is 3.37. The molecule has 144 valence electrons. The number of carbonyl (C=O) groups excluding carboxylic acids is 1. The molecular formula is C22H24N4O2. The Balaban J connectivity index is 1.47. The number of nitrogens with zero attached hydrogens (tertiary/aromatic N) is 3. The van der Waals surface area contributed by atoms with Gasteiger partial charge < -0.3 is 15.4 Å². The molecule has 1 aromatic heterocycles. The first-order valence-electron chi connectivity index (χ1n) is 9.39. The minimum atomic E-state index is -0.0791. The van der Waals surface area contributed by atoms with E-state index in [9.17, 15) is 4.79 Å². The number of rotatable bonds is 5. The molecule has 0 radical (unpaired) electrons. The Morgan fingerprint density at radius 3 is 2.71 bits per heavy atom. The molecule has 0 aliphatic carbocycles. The molecule has 1 aliphatic heterocycles. The van der Waals surface area contributed by atoms with Gasteiger partial charge >= 0.3 is 0 Å². The van der Waals surface area contributed by atoms with Gasteiger partial charge in [-0.05, 0) is 41.5 Å². The molecular weight excluding hydrogens is 352 g/mol. The maximum atomic E-state index is 13.1. The molecule has 1 saturated heterocycles. The van der Waals surface area contributed by atoms with Crippen molar-refractivity contribution in [2.75, 3.05) is 20.2 Å². The van der Waals surface area contributed by atoms with Gasteiger partial charge in [-0.15, -0.1) is 0 Å². The minimum Gasteiger partial charge on any atom is -0.497 e. The summed E-state index contributed by atoms with van der Waals surface area (Å²) < 4.78 is 7.06. The molecule has 1 aliphatic rings. The summed E-state index contributed by atoms with van der Waals surface area (Å²) in [6.45, 7) is 1.82. The van der Waals surface area contributed by atoms with Crippen LogP contribution in [-0.2, 0) is 6.54 Å². The molecule has 1 amide bonds. The third-order valence-electron chi connectivity index (χ3n) is 5.27. The van der Waals surface area contributed by atoms with Crippen LogP contribution < -0.4 is 10.5 Å². The van der Waals surface area contributed by atoms with E-state index in [1.54, 1.807) is 13.3 Å². The van der Waals surface area contributed by atoms with Crippen molar-refractivity contribution in [2.24, 2.45) is 5.73 Å². The summed E-state index contributed by atoms with van der Waals surface area (Å²) in [6, 6.07) is 17.5. The molecule has 6 heteroatoms. The first-order chi connectivity index (χ1) is 13.6. The quantitative estimate of drug-likeness (QED) is 0.743. The Hall–Kier alpha value is -3.12. The highest BCUT2D eigenvalue weighted by Gasteiger charge is 2.34. The summed E-state index contributed by atoms with van der Waals surface area (Å²) in [7, 11) is 1.65. The fraction of sp³-hybridized carbons (Fsp3) is 0.273. The number of methoxy groups -OCH3 is 1. The van der Waals surface area contributed by atoms with Gasteiger partial charge in [0.2, 0.25) is 0 Å². The predicted octanol–water partition coefficient (Wildman–Crippen LogP) is 2.51. The summed E-state index contributed by atoms with van der Waals surface area (Å²) in [6.07, 6.45) is 3.66. The maximum absolute atomic E-state index is 13.1. The second kappa shape index (κ2) is 7.86. The van der Waals surface area contributed by atoms with E-state index >= 15 is 0 Å². The van der Waals surface area contributed by atoms with Crippen LogP contribution in [0.4, 0.5) is 0 Å². The monoisotopic (exact) mass is 376 g/mol. The van der Waals surface area contributed by atoms with Crippen molar-refractivity contribution in [1.82, 2.24) is 14.7 Å². The Labute approximate surface area is 164 Å². The van der Waals surface area contributed by atoms with Gasteiger partial charge in [-0.25, -0.2) is 0 Å². The van der Waals surface area contributed by atoms with E-state index in [-0.39, 0.29) is 17.9 Å². The highest BCUT2D eigenvalue weighted by Crippen LogP contribution is 2.29. The van der Waals surface area contributed by atoms with Gasteiger partial charge in [0, 0.05) is 43.0 Å². The topological polar surface area (TPSA) is 73.4 Å². The van der Waals surface area contributed by atoms with E-state index in [1.165, 1.54) is 0 Å². The van der Waals surface area contributed by atoms with Crippen LogP contribution in [0.5, 0.6) is 5.75 Å². The van der Waals surface area contributed by atoms with E-state index in [0.29, 0.717) is 25.2 Å². The van der Waals surface area contributed by atoms with Crippen LogP contribution in [0.15, 0.2) is 67.0 Å². The summed E-state index contributed by atoms with van der Waals surface area (Å²) in [4.78, 5) is 14.9. The number of ether oxygens (including phenoxy) is 1. The van der Waals surface area contributed by atoms with Gasteiger partial charge in [-0.1, -0.05) is 24.3 Å². The zero-order valence-corrected chi connectivity index (χ0v) is 15.9. The number of nitrogens with two attached hydrogens (primary N) is 1. The molecule has 2 aromatic carbocycles. The third kappa shape index (κ3) is 3.77. The van der Waals surface area contributed by atoms with E-state index < -0.39 is 0 Å². The Morgan fingerprint density at radius 2 is 2.00 bits per heavy atom. The summed E-state index contributed by atoms with van der Waals surface area (Å²) >= 11 is 0. The van der Waals surface area contributed by atoms with Crippen LogP contribution in [0.2, 0.25) is 0 Å². The number of aromatic nitrogens is 2.